The van der Waals surface area contributed by atoms with Crippen LogP contribution in [0, 0.1) is 3.57 Å². The van der Waals surface area contributed by atoms with Crippen LogP contribution in [0.2, 0.25) is 5.02 Å². The number of rotatable bonds is 1. The molecular weight excluding hydrogens is 292 g/mol. The minimum atomic E-state index is -1.06. The predicted molar refractivity (Wildman–Crippen MR) is 55.5 cm³/mol. The van der Waals surface area contributed by atoms with Crippen LogP contribution in [0.4, 0.5) is 5.69 Å². The zero-order chi connectivity index (χ0) is 9.30. The Labute approximate surface area is 87.7 Å². The Morgan fingerprint density at radius 1 is 1.58 bits per heavy atom. The number of carboxylic acid groups (broad SMARTS) is 1. The Bertz CT molecular complexity index is 340. The summed E-state index contributed by atoms with van der Waals surface area (Å²) in [5.41, 5.74) is 5.89. The lowest BCUT2D eigenvalue weighted by atomic mass is 10.2. The molecule has 0 unspecified atom stereocenters. The van der Waals surface area contributed by atoms with Gasteiger partial charge in [0.2, 0.25) is 0 Å². The molecule has 3 N–H and O–H groups in total. The third-order valence-corrected chi connectivity index (χ3v) is 2.86. The van der Waals surface area contributed by atoms with Gasteiger partial charge in [-0.3, -0.25) is 0 Å². The summed E-state index contributed by atoms with van der Waals surface area (Å²) in [7, 11) is 0. The third kappa shape index (κ3) is 1.81. The monoisotopic (exact) mass is 297 g/mol. The number of hydrogen-bond donors (Lipinski definition) is 2. The Balaban J connectivity index is 3.37. The number of hydrogen-bond acceptors (Lipinski definition) is 2. The van der Waals surface area contributed by atoms with Crippen molar-refractivity contribution in [1.82, 2.24) is 0 Å². The zero-order valence-electron chi connectivity index (χ0n) is 5.84. The SMILES string of the molecule is Nc1cc(I)c(Cl)c(C(=O)O)c1. The van der Waals surface area contributed by atoms with Crippen LogP contribution in [0.25, 0.3) is 0 Å². The summed E-state index contributed by atoms with van der Waals surface area (Å²) in [5.74, 6) is -1.06. The summed E-state index contributed by atoms with van der Waals surface area (Å²) in [4.78, 5) is 10.6. The quantitative estimate of drug-likeness (QED) is 0.617. The highest BCUT2D eigenvalue weighted by Crippen LogP contribution is 2.25. The third-order valence-electron chi connectivity index (χ3n) is 1.28. The van der Waals surface area contributed by atoms with Crippen molar-refractivity contribution in [3.05, 3.63) is 26.3 Å². The van der Waals surface area contributed by atoms with E-state index in [2.05, 4.69) is 0 Å². The molecule has 3 nitrogen and oxygen atoms in total. The fourth-order valence-corrected chi connectivity index (χ4v) is 1.61. The summed E-state index contributed by atoms with van der Waals surface area (Å²) >= 11 is 7.65. The minimum absolute atomic E-state index is 0.0427. The average molecular weight is 297 g/mol. The molecule has 12 heavy (non-hydrogen) atoms. The van der Waals surface area contributed by atoms with Crippen molar-refractivity contribution >= 4 is 45.8 Å². The number of nitrogen functional groups attached to an aromatic ring is 1. The van der Waals surface area contributed by atoms with Crippen molar-refractivity contribution < 1.29 is 9.90 Å². The van der Waals surface area contributed by atoms with E-state index in [0.717, 1.165) is 0 Å². The van der Waals surface area contributed by atoms with E-state index in [4.69, 9.17) is 22.4 Å². The van der Waals surface area contributed by atoms with E-state index in [9.17, 15) is 4.79 Å². The molecule has 0 radical (unpaired) electrons. The topological polar surface area (TPSA) is 63.3 Å². The maximum Gasteiger partial charge on any atom is 0.337 e. The summed E-state index contributed by atoms with van der Waals surface area (Å²) in [6.45, 7) is 0. The number of nitrogens with two attached hydrogens (primary N) is 1. The second-order valence-corrected chi connectivity index (χ2v) is 3.71. The van der Waals surface area contributed by atoms with Crippen LogP contribution in [-0.4, -0.2) is 11.1 Å². The van der Waals surface area contributed by atoms with E-state index in [1.54, 1.807) is 6.07 Å². The first-order valence-electron chi connectivity index (χ1n) is 3.00. The number of benzene rings is 1. The first-order valence-corrected chi connectivity index (χ1v) is 4.46. The molecule has 0 bridgehead atoms. The van der Waals surface area contributed by atoms with Gasteiger partial charge in [0.25, 0.3) is 0 Å². The Kier molecular flexibility index (Phi) is 2.79. The Morgan fingerprint density at radius 2 is 2.17 bits per heavy atom. The van der Waals surface area contributed by atoms with Gasteiger partial charge < -0.3 is 10.8 Å². The van der Waals surface area contributed by atoms with E-state index in [0.29, 0.717) is 9.26 Å². The molecule has 64 valence electrons. The lowest BCUT2D eigenvalue weighted by Crippen LogP contribution is -2.00. The van der Waals surface area contributed by atoms with E-state index in [-0.39, 0.29) is 10.6 Å². The van der Waals surface area contributed by atoms with Crippen molar-refractivity contribution in [1.29, 1.82) is 0 Å². The second-order valence-electron chi connectivity index (χ2n) is 2.17. The lowest BCUT2D eigenvalue weighted by molar-refractivity contribution is 0.0697. The van der Waals surface area contributed by atoms with Crippen LogP contribution in [0.15, 0.2) is 12.1 Å². The van der Waals surface area contributed by atoms with Crippen molar-refractivity contribution in [3.63, 3.8) is 0 Å². The lowest BCUT2D eigenvalue weighted by Gasteiger charge is -2.02. The minimum Gasteiger partial charge on any atom is -0.478 e. The first-order chi connectivity index (χ1) is 5.52. The number of carbonyl (C=O) groups is 1. The highest BCUT2D eigenvalue weighted by Gasteiger charge is 2.11. The molecule has 1 rings (SSSR count). The smallest absolute Gasteiger partial charge is 0.337 e. The molecule has 0 amide bonds. The molecule has 0 atom stereocenters. The first kappa shape index (κ1) is 9.60. The molecule has 0 aliphatic rings. The standard InChI is InChI=1S/C7H5ClINO2/c8-6-4(7(11)12)1-3(10)2-5(6)9/h1-2H,10H2,(H,11,12). The Hall–Kier alpha value is -0.490. The van der Waals surface area contributed by atoms with Gasteiger partial charge >= 0.3 is 5.97 Å². The van der Waals surface area contributed by atoms with Gasteiger partial charge in [0.15, 0.2) is 0 Å². The van der Waals surface area contributed by atoms with Gasteiger partial charge in [-0.2, -0.15) is 0 Å². The number of halogens is 2. The van der Waals surface area contributed by atoms with Gasteiger partial charge in [-0.15, -0.1) is 0 Å². The van der Waals surface area contributed by atoms with E-state index >= 15 is 0 Å². The fourth-order valence-electron chi connectivity index (χ4n) is 0.766. The van der Waals surface area contributed by atoms with Gasteiger partial charge in [0.05, 0.1) is 10.6 Å². The predicted octanol–water partition coefficient (Wildman–Crippen LogP) is 2.23. The maximum atomic E-state index is 10.6. The van der Waals surface area contributed by atoms with Crippen LogP contribution >= 0.6 is 34.2 Å². The van der Waals surface area contributed by atoms with Crippen LogP contribution < -0.4 is 5.73 Å². The molecule has 0 saturated heterocycles. The molecule has 0 fully saturated rings. The maximum absolute atomic E-state index is 10.6. The van der Waals surface area contributed by atoms with Gasteiger partial charge in [0.1, 0.15) is 0 Å². The van der Waals surface area contributed by atoms with Crippen LogP contribution in [-0.2, 0) is 0 Å². The fraction of sp³-hybridized carbons (Fsp3) is 0. The molecule has 1 aromatic rings. The van der Waals surface area contributed by atoms with Crippen LogP contribution in [0.3, 0.4) is 0 Å². The number of carboxylic acids is 1. The van der Waals surface area contributed by atoms with Crippen LogP contribution in [0.5, 0.6) is 0 Å². The molecule has 0 spiro atoms. The second kappa shape index (κ2) is 3.49. The molecule has 0 aliphatic carbocycles. The molecule has 0 aliphatic heterocycles. The molecule has 5 heteroatoms. The molecule has 0 saturated carbocycles. The van der Waals surface area contributed by atoms with Crippen molar-refractivity contribution in [2.24, 2.45) is 0 Å². The molecule has 1 aromatic carbocycles. The molecule has 0 heterocycles. The summed E-state index contributed by atoms with van der Waals surface area (Å²) in [6, 6.07) is 2.96. The van der Waals surface area contributed by atoms with E-state index in [1.165, 1.54) is 6.07 Å². The van der Waals surface area contributed by atoms with Crippen molar-refractivity contribution in [3.8, 4) is 0 Å². The number of anilines is 1. The number of aromatic carboxylic acids is 1. The normalized spacial score (nSPS) is 9.83. The molecular formula is C7H5ClINO2. The van der Waals surface area contributed by atoms with E-state index < -0.39 is 5.97 Å². The summed E-state index contributed by atoms with van der Waals surface area (Å²) in [6.07, 6.45) is 0. The summed E-state index contributed by atoms with van der Waals surface area (Å²) < 4.78 is 0.645. The van der Waals surface area contributed by atoms with Gasteiger partial charge in [-0.1, -0.05) is 11.6 Å². The highest BCUT2D eigenvalue weighted by molar-refractivity contribution is 14.1. The van der Waals surface area contributed by atoms with Gasteiger partial charge in [-0.25, -0.2) is 4.79 Å². The van der Waals surface area contributed by atoms with Crippen LogP contribution in [0.1, 0.15) is 10.4 Å². The van der Waals surface area contributed by atoms with Gasteiger partial charge in [0, 0.05) is 9.26 Å². The van der Waals surface area contributed by atoms with Crippen molar-refractivity contribution in [2.75, 3.05) is 5.73 Å². The van der Waals surface area contributed by atoms with Gasteiger partial charge in [-0.05, 0) is 34.7 Å². The largest absolute Gasteiger partial charge is 0.478 e. The Morgan fingerprint density at radius 3 is 2.67 bits per heavy atom. The van der Waals surface area contributed by atoms with Crippen molar-refractivity contribution in [2.45, 2.75) is 0 Å². The van der Waals surface area contributed by atoms with E-state index in [1.807, 2.05) is 22.6 Å². The molecule has 0 aromatic heterocycles. The zero-order valence-corrected chi connectivity index (χ0v) is 8.76. The highest BCUT2D eigenvalue weighted by atomic mass is 127. The summed E-state index contributed by atoms with van der Waals surface area (Å²) in [5, 5.41) is 8.90. The average Bonchev–Trinajstić information content (AvgIpc) is 1.96.